The first-order valence-electron chi connectivity index (χ1n) is 11.9. The quantitative estimate of drug-likeness (QED) is 0.412. The largest absolute Gasteiger partial charge is 0.303 e. The summed E-state index contributed by atoms with van der Waals surface area (Å²) in [6.45, 7) is 3.40. The van der Waals surface area contributed by atoms with Crippen molar-refractivity contribution in [2.24, 2.45) is 0 Å². The lowest BCUT2D eigenvalue weighted by molar-refractivity contribution is 0.156. The summed E-state index contributed by atoms with van der Waals surface area (Å²) in [5, 5.41) is 0. The Morgan fingerprint density at radius 2 is 1.34 bits per heavy atom. The summed E-state index contributed by atoms with van der Waals surface area (Å²) in [6.07, 6.45) is 7.09. The van der Waals surface area contributed by atoms with E-state index in [1.54, 1.807) is 11.1 Å². The molecule has 2 aliphatic rings. The zero-order chi connectivity index (χ0) is 22.0. The first-order valence-corrected chi connectivity index (χ1v) is 11.9. The van der Waals surface area contributed by atoms with Crippen LogP contribution in [0.3, 0.4) is 0 Å². The summed E-state index contributed by atoms with van der Waals surface area (Å²) in [5.74, 6) is -0.279. The van der Waals surface area contributed by atoms with Crippen LogP contribution in [0.1, 0.15) is 60.3 Å². The number of halogens is 2. The minimum Gasteiger partial charge on any atom is -0.303 e. The van der Waals surface area contributed by atoms with Crippen LogP contribution >= 0.6 is 0 Å². The molecule has 0 radical (unpaired) electrons. The lowest BCUT2D eigenvalue weighted by atomic mass is 9.74. The maximum atomic E-state index is 13.5. The second kappa shape index (κ2) is 9.15. The first-order chi connectivity index (χ1) is 15.6. The summed E-state index contributed by atoms with van der Waals surface area (Å²) in [5.41, 5.74) is 5.75. The average molecular weight is 432 g/mol. The van der Waals surface area contributed by atoms with Gasteiger partial charge in [0, 0.05) is 5.92 Å². The summed E-state index contributed by atoms with van der Waals surface area (Å²) >= 11 is 0. The van der Waals surface area contributed by atoms with Gasteiger partial charge in [-0.15, -0.1) is 0 Å². The fraction of sp³-hybridized carbons (Fsp3) is 0.379. The monoisotopic (exact) mass is 431 g/mol. The van der Waals surface area contributed by atoms with Crippen molar-refractivity contribution < 1.29 is 8.78 Å². The SMILES string of the molecule is Fc1ccc(C(CCCN2CCC3(CCc4ccccc43)CC2)c2ccc(F)cc2)cc1. The van der Waals surface area contributed by atoms with E-state index in [1.165, 1.54) is 49.9 Å². The number of nitrogens with zero attached hydrogens (tertiary/aromatic N) is 1. The van der Waals surface area contributed by atoms with Crippen LogP contribution in [0.2, 0.25) is 0 Å². The molecule has 1 spiro atoms. The van der Waals surface area contributed by atoms with E-state index in [-0.39, 0.29) is 17.6 Å². The second-order valence-electron chi connectivity index (χ2n) is 9.58. The van der Waals surface area contributed by atoms with E-state index in [2.05, 4.69) is 29.2 Å². The highest BCUT2D eigenvalue weighted by atomic mass is 19.1. The molecule has 0 aromatic heterocycles. The van der Waals surface area contributed by atoms with E-state index in [0.29, 0.717) is 5.41 Å². The number of hydrogen-bond acceptors (Lipinski definition) is 1. The topological polar surface area (TPSA) is 3.24 Å². The van der Waals surface area contributed by atoms with Gasteiger partial charge in [0.15, 0.2) is 0 Å². The third-order valence-electron chi connectivity index (χ3n) is 7.79. The third kappa shape index (κ3) is 4.36. The molecule has 3 aromatic carbocycles. The predicted octanol–water partition coefficient (Wildman–Crippen LogP) is 6.86. The van der Waals surface area contributed by atoms with Crippen molar-refractivity contribution in [1.29, 1.82) is 0 Å². The minimum atomic E-state index is -0.220. The number of aryl methyl sites for hydroxylation is 1. The Morgan fingerprint density at radius 3 is 1.97 bits per heavy atom. The fourth-order valence-corrected chi connectivity index (χ4v) is 5.92. The van der Waals surface area contributed by atoms with Crippen LogP contribution in [0.5, 0.6) is 0 Å². The van der Waals surface area contributed by atoms with Gasteiger partial charge in [-0.25, -0.2) is 8.78 Å². The zero-order valence-corrected chi connectivity index (χ0v) is 18.6. The molecule has 1 aliphatic carbocycles. The Balaban J connectivity index is 1.21. The highest BCUT2D eigenvalue weighted by molar-refractivity contribution is 5.40. The summed E-state index contributed by atoms with van der Waals surface area (Å²) in [4.78, 5) is 2.61. The van der Waals surface area contributed by atoms with Gasteiger partial charge in [0.25, 0.3) is 0 Å². The molecule has 0 bridgehead atoms. The molecule has 0 N–H and O–H groups in total. The van der Waals surface area contributed by atoms with Crippen molar-refractivity contribution in [1.82, 2.24) is 4.90 Å². The van der Waals surface area contributed by atoms with Gasteiger partial charge < -0.3 is 4.90 Å². The van der Waals surface area contributed by atoms with E-state index < -0.39 is 0 Å². The molecule has 0 amide bonds. The van der Waals surface area contributed by atoms with Gasteiger partial charge in [0.1, 0.15) is 11.6 Å². The smallest absolute Gasteiger partial charge is 0.123 e. The molecule has 1 heterocycles. The van der Waals surface area contributed by atoms with E-state index >= 15 is 0 Å². The van der Waals surface area contributed by atoms with Crippen LogP contribution in [0.25, 0.3) is 0 Å². The van der Waals surface area contributed by atoms with Gasteiger partial charge in [0.2, 0.25) is 0 Å². The van der Waals surface area contributed by atoms with Gasteiger partial charge in [-0.05, 0) is 110 Å². The Bertz CT molecular complexity index is 988. The maximum absolute atomic E-state index is 13.5. The van der Waals surface area contributed by atoms with Crippen molar-refractivity contribution in [2.45, 2.75) is 49.9 Å². The first kappa shape index (κ1) is 21.3. The summed E-state index contributed by atoms with van der Waals surface area (Å²) < 4.78 is 26.9. The molecule has 1 aliphatic heterocycles. The fourth-order valence-electron chi connectivity index (χ4n) is 5.92. The molecule has 0 atom stereocenters. The zero-order valence-electron chi connectivity index (χ0n) is 18.6. The predicted molar refractivity (Wildman–Crippen MR) is 126 cm³/mol. The van der Waals surface area contributed by atoms with E-state index in [1.807, 2.05) is 24.3 Å². The number of rotatable bonds is 6. The summed E-state index contributed by atoms with van der Waals surface area (Å²) in [6, 6.07) is 22.6. The molecule has 166 valence electrons. The van der Waals surface area contributed by atoms with Gasteiger partial charge in [-0.2, -0.15) is 0 Å². The maximum Gasteiger partial charge on any atom is 0.123 e. The van der Waals surface area contributed by atoms with E-state index in [9.17, 15) is 8.78 Å². The lowest BCUT2D eigenvalue weighted by Crippen LogP contribution is -2.41. The molecule has 1 nitrogen and oxygen atoms in total. The number of hydrogen-bond donors (Lipinski definition) is 0. The molecule has 32 heavy (non-hydrogen) atoms. The van der Waals surface area contributed by atoms with Gasteiger partial charge in [0.05, 0.1) is 0 Å². The number of piperidine rings is 1. The molecule has 3 aromatic rings. The molecule has 1 saturated heterocycles. The summed E-state index contributed by atoms with van der Waals surface area (Å²) in [7, 11) is 0. The third-order valence-corrected chi connectivity index (χ3v) is 7.79. The van der Waals surface area contributed by atoms with Crippen LogP contribution in [0.15, 0.2) is 72.8 Å². The van der Waals surface area contributed by atoms with Crippen molar-refractivity contribution >= 4 is 0 Å². The van der Waals surface area contributed by atoms with Crippen LogP contribution < -0.4 is 0 Å². The van der Waals surface area contributed by atoms with Crippen LogP contribution in [-0.2, 0) is 11.8 Å². The van der Waals surface area contributed by atoms with Gasteiger partial charge in [-0.1, -0.05) is 48.5 Å². The van der Waals surface area contributed by atoms with Crippen molar-refractivity contribution in [3.05, 3.63) is 107 Å². The van der Waals surface area contributed by atoms with Gasteiger partial charge in [-0.3, -0.25) is 0 Å². The molecule has 0 saturated carbocycles. The Kier molecular flexibility index (Phi) is 6.10. The molecular weight excluding hydrogens is 400 g/mol. The van der Waals surface area contributed by atoms with Gasteiger partial charge >= 0.3 is 0 Å². The lowest BCUT2D eigenvalue weighted by Gasteiger charge is -2.40. The Labute approximate surface area is 190 Å². The number of fused-ring (bicyclic) bond motifs is 2. The second-order valence-corrected chi connectivity index (χ2v) is 9.58. The molecule has 5 rings (SSSR count). The van der Waals surface area contributed by atoms with Crippen molar-refractivity contribution in [2.75, 3.05) is 19.6 Å². The molecular formula is C29H31F2N. The standard InChI is InChI=1S/C29H31F2N/c30-25-11-7-22(8-12-25)27(23-9-13-26(31)14-10-23)5-3-19-32-20-17-29(18-21-32)16-15-24-4-1-2-6-28(24)29/h1-2,4,6-14,27H,3,5,15-21H2. The van der Waals surface area contributed by atoms with Crippen molar-refractivity contribution in [3.63, 3.8) is 0 Å². The highest BCUT2D eigenvalue weighted by Crippen LogP contribution is 2.46. The Morgan fingerprint density at radius 1 is 0.750 bits per heavy atom. The van der Waals surface area contributed by atoms with Crippen molar-refractivity contribution in [3.8, 4) is 0 Å². The van der Waals surface area contributed by atoms with Crippen LogP contribution in [0, 0.1) is 11.6 Å². The highest BCUT2D eigenvalue weighted by Gasteiger charge is 2.40. The molecule has 1 fully saturated rings. The Hall–Kier alpha value is -2.52. The number of benzene rings is 3. The van der Waals surface area contributed by atoms with Crippen LogP contribution in [-0.4, -0.2) is 24.5 Å². The van der Waals surface area contributed by atoms with Crippen LogP contribution in [0.4, 0.5) is 8.78 Å². The number of likely N-dealkylation sites (tertiary alicyclic amines) is 1. The average Bonchev–Trinajstić information content (AvgIpc) is 3.18. The molecule has 3 heteroatoms. The normalized spacial score (nSPS) is 17.7. The van der Waals surface area contributed by atoms with E-state index in [4.69, 9.17) is 0 Å². The molecule has 0 unspecified atom stereocenters. The van der Waals surface area contributed by atoms with E-state index in [0.717, 1.165) is 43.6 Å². The minimum absolute atomic E-state index is 0.161.